The number of imidazole rings is 1. The van der Waals surface area contributed by atoms with Crippen molar-refractivity contribution in [3.63, 3.8) is 0 Å². The topological polar surface area (TPSA) is 44.3 Å². The number of para-hydroxylation sites is 2. The predicted molar refractivity (Wildman–Crippen MR) is 101 cm³/mol. The van der Waals surface area contributed by atoms with Crippen molar-refractivity contribution in [1.29, 1.82) is 5.26 Å². The summed E-state index contributed by atoms with van der Waals surface area (Å²) >= 11 is 0. The first kappa shape index (κ1) is 15.2. The monoisotopic (exact) mass is 326 g/mol. The predicted octanol–water partition coefficient (Wildman–Crippen LogP) is 4.30. The van der Waals surface area contributed by atoms with Gasteiger partial charge in [-0.05, 0) is 36.2 Å². The molecule has 0 N–H and O–H groups in total. The summed E-state index contributed by atoms with van der Waals surface area (Å²) in [6.07, 6.45) is 0. The number of aryl methyl sites for hydroxylation is 1. The SMILES string of the molecule is Cc1cc(N(C)Cc2ccccc2)n2c(nc3ccccc32)c1C#N. The Kier molecular flexibility index (Phi) is 3.62. The summed E-state index contributed by atoms with van der Waals surface area (Å²) < 4.78 is 2.09. The zero-order valence-electron chi connectivity index (χ0n) is 14.3. The molecule has 0 fully saturated rings. The lowest BCUT2D eigenvalue weighted by Crippen LogP contribution is -2.19. The highest BCUT2D eigenvalue weighted by Crippen LogP contribution is 2.28. The molecule has 4 rings (SSSR count). The van der Waals surface area contributed by atoms with E-state index >= 15 is 0 Å². The number of anilines is 1. The van der Waals surface area contributed by atoms with Crippen LogP contribution in [0, 0.1) is 18.3 Å². The molecule has 0 aliphatic carbocycles. The zero-order chi connectivity index (χ0) is 17.4. The van der Waals surface area contributed by atoms with Gasteiger partial charge < -0.3 is 4.90 Å². The number of nitriles is 1. The first-order valence-electron chi connectivity index (χ1n) is 8.25. The van der Waals surface area contributed by atoms with E-state index in [0.29, 0.717) is 5.56 Å². The second kappa shape index (κ2) is 5.95. The molecule has 0 saturated heterocycles. The lowest BCUT2D eigenvalue weighted by molar-refractivity contribution is 0.886. The van der Waals surface area contributed by atoms with Crippen LogP contribution in [0.5, 0.6) is 0 Å². The van der Waals surface area contributed by atoms with Crippen molar-refractivity contribution in [2.75, 3.05) is 11.9 Å². The third-order valence-electron chi connectivity index (χ3n) is 4.52. The number of pyridine rings is 1. The van der Waals surface area contributed by atoms with E-state index < -0.39 is 0 Å². The fraction of sp³-hybridized carbons (Fsp3) is 0.143. The molecule has 4 aromatic rings. The van der Waals surface area contributed by atoms with Crippen LogP contribution in [0.3, 0.4) is 0 Å². The summed E-state index contributed by atoms with van der Waals surface area (Å²) in [7, 11) is 2.07. The highest BCUT2D eigenvalue weighted by molar-refractivity contribution is 5.85. The van der Waals surface area contributed by atoms with Gasteiger partial charge in [-0.2, -0.15) is 5.26 Å². The van der Waals surface area contributed by atoms with Gasteiger partial charge in [0.05, 0.1) is 16.6 Å². The average Bonchev–Trinajstić information content (AvgIpc) is 3.01. The molecule has 0 unspecified atom stereocenters. The second-order valence-electron chi connectivity index (χ2n) is 6.27. The molecular formula is C21H18N4. The number of rotatable bonds is 3. The summed E-state index contributed by atoms with van der Waals surface area (Å²) in [5.41, 5.74) is 5.46. The second-order valence-corrected chi connectivity index (χ2v) is 6.27. The molecular weight excluding hydrogens is 308 g/mol. The van der Waals surface area contributed by atoms with Crippen molar-refractivity contribution >= 4 is 22.5 Å². The fourth-order valence-corrected chi connectivity index (χ4v) is 3.29. The van der Waals surface area contributed by atoms with Gasteiger partial charge in [0, 0.05) is 13.6 Å². The van der Waals surface area contributed by atoms with Crippen LogP contribution in [0.15, 0.2) is 60.7 Å². The van der Waals surface area contributed by atoms with Crippen LogP contribution in [0.4, 0.5) is 5.82 Å². The molecule has 25 heavy (non-hydrogen) atoms. The molecule has 0 atom stereocenters. The van der Waals surface area contributed by atoms with E-state index in [0.717, 1.165) is 34.6 Å². The maximum Gasteiger partial charge on any atom is 0.157 e. The van der Waals surface area contributed by atoms with Gasteiger partial charge in [-0.1, -0.05) is 42.5 Å². The van der Waals surface area contributed by atoms with E-state index in [4.69, 9.17) is 4.98 Å². The Morgan fingerprint density at radius 3 is 2.56 bits per heavy atom. The minimum atomic E-state index is 0.632. The number of benzene rings is 2. The summed E-state index contributed by atoms with van der Waals surface area (Å²) in [6.45, 7) is 2.76. The smallest absolute Gasteiger partial charge is 0.157 e. The van der Waals surface area contributed by atoms with E-state index in [1.165, 1.54) is 5.56 Å². The molecule has 0 amide bonds. The molecule has 122 valence electrons. The van der Waals surface area contributed by atoms with Crippen molar-refractivity contribution in [1.82, 2.24) is 9.38 Å². The van der Waals surface area contributed by atoms with Gasteiger partial charge in [-0.15, -0.1) is 0 Å². The Bertz CT molecular complexity index is 1100. The highest BCUT2D eigenvalue weighted by Gasteiger charge is 2.17. The van der Waals surface area contributed by atoms with Crippen LogP contribution in [-0.2, 0) is 6.54 Å². The summed E-state index contributed by atoms with van der Waals surface area (Å²) in [5.74, 6) is 1.03. The van der Waals surface area contributed by atoms with Gasteiger partial charge in [0.2, 0.25) is 0 Å². The van der Waals surface area contributed by atoms with Crippen molar-refractivity contribution in [2.24, 2.45) is 0 Å². The summed E-state index contributed by atoms with van der Waals surface area (Å²) in [4.78, 5) is 6.91. The lowest BCUT2D eigenvalue weighted by Gasteiger charge is -2.22. The summed E-state index contributed by atoms with van der Waals surface area (Å²) in [6, 6.07) is 22.8. The summed E-state index contributed by atoms with van der Waals surface area (Å²) in [5, 5.41) is 9.59. The third-order valence-corrected chi connectivity index (χ3v) is 4.52. The molecule has 4 nitrogen and oxygen atoms in total. The van der Waals surface area contributed by atoms with Crippen LogP contribution < -0.4 is 4.90 Å². The fourth-order valence-electron chi connectivity index (χ4n) is 3.29. The van der Waals surface area contributed by atoms with E-state index in [9.17, 15) is 5.26 Å². The zero-order valence-corrected chi connectivity index (χ0v) is 14.3. The molecule has 2 heterocycles. The molecule has 0 saturated carbocycles. The van der Waals surface area contributed by atoms with Gasteiger partial charge in [0.25, 0.3) is 0 Å². The van der Waals surface area contributed by atoms with Crippen LogP contribution in [0.2, 0.25) is 0 Å². The first-order chi connectivity index (χ1) is 12.2. The highest BCUT2D eigenvalue weighted by atomic mass is 15.2. The molecule has 0 bridgehead atoms. The number of aromatic nitrogens is 2. The van der Waals surface area contributed by atoms with E-state index in [-0.39, 0.29) is 0 Å². The third kappa shape index (κ3) is 2.50. The number of nitrogens with zero attached hydrogens (tertiary/aromatic N) is 4. The van der Waals surface area contributed by atoms with Crippen LogP contribution in [-0.4, -0.2) is 16.4 Å². The number of hydrogen-bond donors (Lipinski definition) is 0. The van der Waals surface area contributed by atoms with E-state index in [1.54, 1.807) is 0 Å². The van der Waals surface area contributed by atoms with E-state index in [1.807, 2.05) is 37.3 Å². The van der Waals surface area contributed by atoms with Crippen LogP contribution in [0.1, 0.15) is 16.7 Å². The Balaban J connectivity index is 1.95. The maximum atomic E-state index is 9.59. The van der Waals surface area contributed by atoms with Gasteiger partial charge in [0.1, 0.15) is 11.9 Å². The Labute approximate surface area is 146 Å². The van der Waals surface area contributed by atoms with Gasteiger partial charge in [0.15, 0.2) is 5.65 Å². The van der Waals surface area contributed by atoms with Crippen molar-refractivity contribution in [3.8, 4) is 6.07 Å². The largest absolute Gasteiger partial charge is 0.356 e. The van der Waals surface area contributed by atoms with Crippen molar-refractivity contribution in [2.45, 2.75) is 13.5 Å². The normalized spacial score (nSPS) is 10.9. The molecule has 0 aliphatic heterocycles. The van der Waals surface area contributed by atoms with Crippen molar-refractivity contribution in [3.05, 3.63) is 77.4 Å². The lowest BCUT2D eigenvalue weighted by atomic mass is 10.1. The minimum absolute atomic E-state index is 0.632. The minimum Gasteiger partial charge on any atom is -0.356 e. The maximum absolute atomic E-state index is 9.59. The molecule has 0 spiro atoms. The average molecular weight is 326 g/mol. The first-order valence-corrected chi connectivity index (χ1v) is 8.25. The molecule has 4 heteroatoms. The Morgan fingerprint density at radius 2 is 1.80 bits per heavy atom. The van der Waals surface area contributed by atoms with Crippen molar-refractivity contribution < 1.29 is 0 Å². The molecule has 0 radical (unpaired) electrons. The Hall–Kier alpha value is -3.32. The van der Waals surface area contributed by atoms with Gasteiger partial charge in [-0.3, -0.25) is 4.40 Å². The van der Waals surface area contributed by atoms with E-state index in [2.05, 4.69) is 52.7 Å². The number of fused-ring (bicyclic) bond motifs is 3. The molecule has 2 aromatic heterocycles. The molecule has 0 aliphatic rings. The van der Waals surface area contributed by atoms with Crippen LogP contribution >= 0.6 is 0 Å². The van der Waals surface area contributed by atoms with Crippen LogP contribution in [0.25, 0.3) is 16.7 Å². The Morgan fingerprint density at radius 1 is 1.08 bits per heavy atom. The quantitative estimate of drug-likeness (QED) is 0.564. The number of hydrogen-bond acceptors (Lipinski definition) is 3. The standard InChI is InChI=1S/C21H18N4/c1-15-12-20(24(2)14-16-8-4-3-5-9-16)25-19-11-7-6-10-18(19)23-21(25)17(15)13-22/h3-12H,14H2,1-2H3. The molecule has 2 aromatic carbocycles. The van der Waals surface area contributed by atoms with Gasteiger partial charge >= 0.3 is 0 Å². The van der Waals surface area contributed by atoms with Gasteiger partial charge in [-0.25, -0.2) is 4.98 Å².